The van der Waals surface area contributed by atoms with E-state index in [1.807, 2.05) is 0 Å². The van der Waals surface area contributed by atoms with Crippen molar-refractivity contribution in [3.8, 4) is 0 Å². The molecule has 0 saturated heterocycles. The third kappa shape index (κ3) is 26.4. The highest BCUT2D eigenvalue weighted by atomic mass is 35.5. The Morgan fingerprint density at radius 1 is 1.30 bits per heavy atom. The second-order valence-electron chi connectivity index (χ2n) is 1.16. The summed E-state index contributed by atoms with van der Waals surface area (Å²) in [5.74, 6) is -0.968. The molecular formula is C4H9ClN2O3. The first kappa shape index (κ1) is 12.1. The Bertz CT molecular complexity index is 103. The van der Waals surface area contributed by atoms with Gasteiger partial charge in [0.2, 0.25) is 5.24 Å². The molecule has 0 spiro atoms. The standard InChI is InChI=1S/C2H4ClNO.C2H5NO2/c3-2(5)1-4;3-1-2(4)5/h1,4H2;1,3H2,(H,4,5). The van der Waals surface area contributed by atoms with Gasteiger partial charge >= 0.3 is 5.97 Å². The molecule has 0 aromatic carbocycles. The Balaban J connectivity index is 0. The van der Waals surface area contributed by atoms with Crippen molar-refractivity contribution in [3.05, 3.63) is 0 Å². The molecule has 0 rings (SSSR count). The molecule has 0 atom stereocenters. The van der Waals surface area contributed by atoms with E-state index in [1.54, 1.807) is 0 Å². The van der Waals surface area contributed by atoms with Crippen molar-refractivity contribution in [2.75, 3.05) is 13.1 Å². The average molecular weight is 169 g/mol. The molecule has 0 amide bonds. The largest absolute Gasteiger partial charge is 0.480 e. The van der Waals surface area contributed by atoms with Crippen molar-refractivity contribution in [1.29, 1.82) is 0 Å². The van der Waals surface area contributed by atoms with Crippen LogP contribution in [0.15, 0.2) is 0 Å². The number of hydrogen-bond donors (Lipinski definition) is 3. The lowest BCUT2D eigenvalue weighted by Gasteiger charge is -1.73. The SMILES string of the molecule is NCC(=O)Cl.NCC(=O)O. The maximum Gasteiger partial charge on any atom is 0.317 e. The Morgan fingerprint density at radius 2 is 1.50 bits per heavy atom. The summed E-state index contributed by atoms with van der Waals surface area (Å²) < 4.78 is 0. The summed E-state index contributed by atoms with van der Waals surface area (Å²) in [5, 5.41) is 7.10. The minimum atomic E-state index is -0.968. The van der Waals surface area contributed by atoms with Crippen molar-refractivity contribution in [1.82, 2.24) is 0 Å². The molecule has 0 aromatic heterocycles. The quantitative estimate of drug-likeness (QED) is 0.446. The normalized spacial score (nSPS) is 7.50. The second kappa shape index (κ2) is 8.35. The van der Waals surface area contributed by atoms with E-state index in [-0.39, 0.29) is 13.1 Å². The highest BCUT2D eigenvalue weighted by molar-refractivity contribution is 6.64. The number of rotatable bonds is 2. The van der Waals surface area contributed by atoms with E-state index < -0.39 is 11.2 Å². The number of halogens is 1. The number of carbonyl (C=O) groups excluding carboxylic acids is 1. The van der Waals surface area contributed by atoms with Gasteiger partial charge in [-0.3, -0.25) is 9.59 Å². The monoisotopic (exact) mass is 168 g/mol. The lowest BCUT2D eigenvalue weighted by molar-refractivity contribution is -0.135. The van der Waals surface area contributed by atoms with E-state index in [0.717, 1.165) is 0 Å². The van der Waals surface area contributed by atoms with Gasteiger partial charge in [-0.15, -0.1) is 0 Å². The molecule has 6 heteroatoms. The maximum absolute atomic E-state index is 9.45. The zero-order valence-electron chi connectivity index (χ0n) is 5.21. The van der Waals surface area contributed by atoms with E-state index in [9.17, 15) is 9.59 Å². The van der Waals surface area contributed by atoms with E-state index in [1.165, 1.54) is 0 Å². The van der Waals surface area contributed by atoms with Crippen LogP contribution in [0.5, 0.6) is 0 Å². The smallest absolute Gasteiger partial charge is 0.317 e. The van der Waals surface area contributed by atoms with Gasteiger partial charge in [0.05, 0.1) is 13.1 Å². The Kier molecular flexibility index (Phi) is 10.1. The molecule has 0 bridgehead atoms. The number of carboxylic acids is 1. The van der Waals surface area contributed by atoms with Crippen LogP contribution in [0.2, 0.25) is 0 Å². The Labute approximate surface area is 62.9 Å². The minimum Gasteiger partial charge on any atom is -0.480 e. The molecule has 5 N–H and O–H groups in total. The van der Waals surface area contributed by atoms with Crippen molar-refractivity contribution in [2.45, 2.75) is 0 Å². The van der Waals surface area contributed by atoms with Crippen LogP contribution in [0, 0.1) is 0 Å². The molecule has 5 nitrogen and oxygen atoms in total. The van der Waals surface area contributed by atoms with Gasteiger partial charge in [0.1, 0.15) is 0 Å². The fourth-order valence-electron chi connectivity index (χ4n) is 0. The molecule has 0 fully saturated rings. The fourth-order valence-corrected chi connectivity index (χ4v) is 0. The zero-order valence-corrected chi connectivity index (χ0v) is 5.97. The van der Waals surface area contributed by atoms with Gasteiger partial charge in [-0.2, -0.15) is 0 Å². The van der Waals surface area contributed by atoms with Crippen molar-refractivity contribution in [3.63, 3.8) is 0 Å². The molecule has 0 unspecified atom stereocenters. The topological polar surface area (TPSA) is 106 Å². The van der Waals surface area contributed by atoms with Crippen LogP contribution in [0.4, 0.5) is 0 Å². The van der Waals surface area contributed by atoms with Gasteiger partial charge in [-0.1, -0.05) is 0 Å². The van der Waals surface area contributed by atoms with Gasteiger partial charge in [0, 0.05) is 0 Å². The number of hydrogen-bond acceptors (Lipinski definition) is 4. The van der Waals surface area contributed by atoms with Crippen LogP contribution in [0.25, 0.3) is 0 Å². The molecule has 0 heterocycles. The second-order valence-corrected chi connectivity index (χ2v) is 1.58. The number of nitrogens with two attached hydrogens (primary N) is 2. The molecule has 0 aliphatic rings. The summed E-state index contributed by atoms with van der Waals surface area (Å²) in [7, 11) is 0. The van der Waals surface area contributed by atoms with Gasteiger partial charge in [-0.25, -0.2) is 0 Å². The number of carboxylic acid groups (broad SMARTS) is 1. The third-order valence-electron chi connectivity index (χ3n) is 0.335. The molecular weight excluding hydrogens is 160 g/mol. The van der Waals surface area contributed by atoms with E-state index in [2.05, 4.69) is 11.5 Å². The Morgan fingerprint density at radius 3 is 1.50 bits per heavy atom. The molecule has 60 valence electrons. The summed E-state index contributed by atoms with van der Waals surface area (Å²) in [6.45, 7) is -0.346. The van der Waals surface area contributed by atoms with Crippen LogP contribution in [-0.2, 0) is 9.59 Å². The maximum atomic E-state index is 9.45. The fraction of sp³-hybridized carbons (Fsp3) is 0.500. The summed E-state index contributed by atoms with van der Waals surface area (Å²) in [4.78, 5) is 18.7. The molecule has 0 aliphatic heterocycles. The van der Waals surface area contributed by atoms with Gasteiger partial charge in [-0.05, 0) is 11.6 Å². The lowest BCUT2D eigenvalue weighted by atomic mass is 10.7. The van der Waals surface area contributed by atoms with Crippen LogP contribution in [0.1, 0.15) is 0 Å². The third-order valence-corrected chi connectivity index (χ3v) is 0.489. The predicted molar refractivity (Wildman–Crippen MR) is 36.6 cm³/mol. The molecule has 0 saturated carbocycles. The first-order chi connectivity index (χ1) is 4.54. The van der Waals surface area contributed by atoms with E-state index >= 15 is 0 Å². The first-order valence-corrected chi connectivity index (χ1v) is 2.72. The highest BCUT2D eigenvalue weighted by Crippen LogP contribution is 1.68. The lowest BCUT2D eigenvalue weighted by Crippen LogP contribution is -2.10. The molecule has 0 radical (unpaired) electrons. The van der Waals surface area contributed by atoms with Crippen LogP contribution < -0.4 is 11.5 Å². The van der Waals surface area contributed by atoms with Crippen molar-refractivity contribution < 1.29 is 14.7 Å². The van der Waals surface area contributed by atoms with Gasteiger partial charge < -0.3 is 16.6 Å². The van der Waals surface area contributed by atoms with Crippen molar-refractivity contribution in [2.24, 2.45) is 11.5 Å². The average Bonchev–Trinajstić information content (AvgIpc) is 1.89. The van der Waals surface area contributed by atoms with E-state index in [4.69, 9.17) is 16.7 Å². The number of aliphatic carboxylic acids is 1. The predicted octanol–water partition coefficient (Wildman–Crippen LogP) is -1.26. The molecule has 0 aliphatic carbocycles. The van der Waals surface area contributed by atoms with Gasteiger partial charge in [0.25, 0.3) is 0 Å². The zero-order chi connectivity index (χ0) is 8.57. The Hall–Kier alpha value is -0.650. The number of carbonyl (C=O) groups is 2. The van der Waals surface area contributed by atoms with Crippen LogP contribution in [0.3, 0.4) is 0 Å². The summed E-state index contributed by atoms with van der Waals surface area (Å²) in [5.41, 5.74) is 9.26. The summed E-state index contributed by atoms with van der Waals surface area (Å²) in [6, 6.07) is 0. The highest BCUT2D eigenvalue weighted by Gasteiger charge is 1.81. The van der Waals surface area contributed by atoms with Crippen LogP contribution in [-0.4, -0.2) is 29.4 Å². The first-order valence-electron chi connectivity index (χ1n) is 2.34. The summed E-state index contributed by atoms with van der Waals surface area (Å²) >= 11 is 4.70. The van der Waals surface area contributed by atoms with Gasteiger partial charge in [0.15, 0.2) is 0 Å². The summed E-state index contributed by atoms with van der Waals surface area (Å²) in [6.07, 6.45) is 0. The molecule has 0 aromatic rings. The minimum absolute atomic E-state index is 0.0679. The van der Waals surface area contributed by atoms with Crippen LogP contribution >= 0.6 is 11.6 Å². The van der Waals surface area contributed by atoms with Crippen molar-refractivity contribution >= 4 is 22.8 Å². The van der Waals surface area contributed by atoms with E-state index in [0.29, 0.717) is 0 Å². The molecule has 10 heavy (non-hydrogen) atoms.